The van der Waals surface area contributed by atoms with Gasteiger partial charge in [-0.1, -0.05) is 17.7 Å². The molecule has 0 aliphatic carbocycles. The Labute approximate surface area is 73.7 Å². The quantitative estimate of drug-likeness (QED) is 0.659. The minimum atomic E-state index is -0.477. The summed E-state index contributed by atoms with van der Waals surface area (Å²) < 4.78 is 13.1. The molecule has 1 amide bonds. The van der Waals surface area contributed by atoms with Crippen molar-refractivity contribution in [2.75, 3.05) is 0 Å². The average Bonchev–Trinajstić information content (AvgIpc) is 2.06. The molecule has 0 saturated heterocycles. The van der Waals surface area contributed by atoms with Crippen LogP contribution in [0, 0.1) is 6.92 Å². The molecule has 1 aromatic rings. The maximum Gasteiger partial charge on any atom is 0.290 e. The average molecular weight is 181 g/mol. The maximum atomic E-state index is 11.0. The number of carbonyl (C=O) groups is 1. The van der Waals surface area contributed by atoms with Gasteiger partial charge in [0, 0.05) is 5.56 Å². The number of rotatable bonds is 1. The fourth-order valence-corrected chi connectivity index (χ4v) is 0.956. The van der Waals surface area contributed by atoms with E-state index in [4.69, 9.17) is 0 Å². The smallest absolute Gasteiger partial charge is 0.266 e. The summed E-state index contributed by atoms with van der Waals surface area (Å²) in [4.78, 5) is 11.0. The summed E-state index contributed by atoms with van der Waals surface area (Å²) in [5, 5.41) is 0. The molecule has 12 heavy (non-hydrogen) atoms. The van der Waals surface area contributed by atoms with Crippen molar-refractivity contribution < 1.29 is 9.00 Å². The van der Waals surface area contributed by atoms with Crippen LogP contribution in [-0.2, 0) is 11.5 Å². The standard InChI is InChI=1S/C8H7NO2S/c1-6-2-4-7(5-3-6)8(10)9-12-11/h2-5H,1H3. The third-order valence-electron chi connectivity index (χ3n) is 1.42. The first kappa shape index (κ1) is 8.80. The van der Waals surface area contributed by atoms with Crippen LogP contribution in [0.2, 0.25) is 0 Å². The predicted octanol–water partition coefficient (Wildman–Crippen LogP) is 1.53. The van der Waals surface area contributed by atoms with Gasteiger partial charge in [-0.25, -0.2) is 0 Å². The first-order valence-corrected chi connectivity index (χ1v) is 4.05. The molecule has 0 unspecified atom stereocenters. The normalized spacial score (nSPS) is 9.08. The number of nitrogens with zero attached hydrogens (tertiary/aromatic N) is 1. The summed E-state index contributed by atoms with van der Waals surface area (Å²) in [6, 6.07) is 6.91. The zero-order valence-corrected chi connectivity index (χ0v) is 7.30. The van der Waals surface area contributed by atoms with Crippen molar-refractivity contribution in [1.82, 2.24) is 0 Å². The largest absolute Gasteiger partial charge is 0.290 e. The molecular weight excluding hydrogens is 174 g/mol. The summed E-state index contributed by atoms with van der Waals surface area (Å²) in [6.07, 6.45) is 0. The Morgan fingerprint density at radius 1 is 1.33 bits per heavy atom. The van der Waals surface area contributed by atoms with Crippen LogP contribution in [0.1, 0.15) is 15.9 Å². The van der Waals surface area contributed by atoms with E-state index in [-0.39, 0.29) is 11.5 Å². The lowest BCUT2D eigenvalue weighted by Gasteiger charge is -1.93. The third-order valence-corrected chi connectivity index (χ3v) is 1.66. The molecule has 0 atom stereocenters. The monoisotopic (exact) mass is 181 g/mol. The fourth-order valence-electron chi connectivity index (χ4n) is 0.783. The van der Waals surface area contributed by atoms with Crippen molar-refractivity contribution in [3.63, 3.8) is 0 Å². The molecule has 0 spiro atoms. The van der Waals surface area contributed by atoms with Crippen molar-refractivity contribution >= 4 is 17.4 Å². The molecule has 0 fully saturated rings. The molecule has 0 aliphatic heterocycles. The lowest BCUT2D eigenvalue weighted by atomic mass is 10.1. The summed E-state index contributed by atoms with van der Waals surface area (Å²) in [7, 11) is 0. The molecule has 1 rings (SSSR count). The van der Waals surface area contributed by atoms with Gasteiger partial charge in [-0.05, 0) is 19.1 Å². The van der Waals surface area contributed by atoms with Crippen molar-refractivity contribution in [3.05, 3.63) is 35.4 Å². The maximum absolute atomic E-state index is 11.0. The Balaban J connectivity index is 2.97. The van der Waals surface area contributed by atoms with Gasteiger partial charge in [0.15, 0.2) is 0 Å². The third kappa shape index (κ3) is 2.10. The topological polar surface area (TPSA) is 46.5 Å². The first-order chi connectivity index (χ1) is 5.74. The summed E-state index contributed by atoms with van der Waals surface area (Å²) in [6.45, 7) is 1.92. The van der Waals surface area contributed by atoms with Crippen LogP contribution in [0.3, 0.4) is 0 Å². The van der Waals surface area contributed by atoms with E-state index in [1.54, 1.807) is 24.3 Å². The minimum absolute atomic E-state index is 0.0658. The highest BCUT2D eigenvalue weighted by atomic mass is 32.1. The predicted molar refractivity (Wildman–Crippen MR) is 46.1 cm³/mol. The van der Waals surface area contributed by atoms with Gasteiger partial charge in [0.05, 0.1) is 0 Å². The highest BCUT2D eigenvalue weighted by Gasteiger charge is 2.01. The van der Waals surface area contributed by atoms with Gasteiger partial charge in [-0.2, -0.15) is 4.21 Å². The van der Waals surface area contributed by atoms with Gasteiger partial charge in [-0.15, -0.1) is 4.36 Å². The van der Waals surface area contributed by atoms with Crippen LogP contribution in [0.15, 0.2) is 28.6 Å². The van der Waals surface area contributed by atoms with E-state index in [2.05, 4.69) is 4.36 Å². The molecule has 0 saturated carbocycles. The Bertz CT molecular complexity index is 339. The zero-order chi connectivity index (χ0) is 8.97. The fraction of sp³-hybridized carbons (Fsp3) is 0.125. The van der Waals surface area contributed by atoms with Crippen LogP contribution in [0.5, 0.6) is 0 Å². The van der Waals surface area contributed by atoms with Crippen molar-refractivity contribution in [3.8, 4) is 0 Å². The van der Waals surface area contributed by atoms with E-state index in [0.29, 0.717) is 5.56 Å². The highest BCUT2D eigenvalue weighted by molar-refractivity contribution is 7.55. The molecule has 4 heteroatoms. The van der Waals surface area contributed by atoms with Crippen molar-refractivity contribution in [2.45, 2.75) is 6.92 Å². The number of hydrogen-bond donors (Lipinski definition) is 0. The van der Waals surface area contributed by atoms with Gasteiger partial charge in [-0.3, -0.25) is 4.79 Å². The van der Waals surface area contributed by atoms with Gasteiger partial charge >= 0.3 is 0 Å². The van der Waals surface area contributed by atoms with Crippen LogP contribution >= 0.6 is 0 Å². The molecule has 0 bridgehead atoms. The van der Waals surface area contributed by atoms with Gasteiger partial charge in [0.1, 0.15) is 0 Å². The minimum Gasteiger partial charge on any atom is -0.266 e. The van der Waals surface area contributed by atoms with Crippen LogP contribution in [-0.4, -0.2) is 10.1 Å². The second-order valence-electron chi connectivity index (χ2n) is 2.34. The summed E-state index contributed by atoms with van der Waals surface area (Å²) in [5.74, 6) is -0.477. The Morgan fingerprint density at radius 3 is 2.42 bits per heavy atom. The molecule has 1 aromatic carbocycles. The highest BCUT2D eigenvalue weighted by Crippen LogP contribution is 2.03. The molecular formula is C8H7NO2S. The first-order valence-electron chi connectivity index (χ1n) is 3.35. The van der Waals surface area contributed by atoms with E-state index in [1.807, 2.05) is 6.92 Å². The van der Waals surface area contributed by atoms with E-state index in [0.717, 1.165) is 5.56 Å². The Morgan fingerprint density at radius 2 is 1.92 bits per heavy atom. The zero-order valence-electron chi connectivity index (χ0n) is 6.48. The van der Waals surface area contributed by atoms with Crippen molar-refractivity contribution in [1.29, 1.82) is 0 Å². The van der Waals surface area contributed by atoms with Crippen LogP contribution < -0.4 is 0 Å². The number of aryl methyl sites for hydroxylation is 1. The van der Waals surface area contributed by atoms with Crippen LogP contribution in [0.25, 0.3) is 0 Å². The second kappa shape index (κ2) is 3.92. The van der Waals surface area contributed by atoms with Gasteiger partial charge < -0.3 is 0 Å². The van der Waals surface area contributed by atoms with Gasteiger partial charge in [0.25, 0.3) is 5.91 Å². The van der Waals surface area contributed by atoms with Crippen molar-refractivity contribution in [2.24, 2.45) is 4.36 Å². The SMILES string of the molecule is Cc1ccc(C(=O)N=S=O)cc1. The second-order valence-corrected chi connectivity index (χ2v) is 2.67. The molecule has 3 nitrogen and oxygen atoms in total. The number of carbonyl (C=O) groups excluding carboxylic acids is 1. The van der Waals surface area contributed by atoms with E-state index in [9.17, 15) is 9.00 Å². The molecule has 0 aromatic heterocycles. The Kier molecular flexibility index (Phi) is 2.88. The summed E-state index contributed by atoms with van der Waals surface area (Å²) >= 11 is -0.0658. The number of hydrogen-bond acceptors (Lipinski definition) is 2. The van der Waals surface area contributed by atoms with E-state index in [1.165, 1.54) is 0 Å². The van der Waals surface area contributed by atoms with Gasteiger partial charge in [0.2, 0.25) is 11.5 Å². The lowest BCUT2D eigenvalue weighted by Crippen LogP contribution is -1.92. The molecule has 0 radical (unpaired) electrons. The number of benzene rings is 1. The summed E-state index contributed by atoms with van der Waals surface area (Å²) in [5.41, 5.74) is 1.52. The lowest BCUT2D eigenvalue weighted by molar-refractivity contribution is 0.101. The molecule has 0 N–H and O–H groups in total. The van der Waals surface area contributed by atoms with E-state index < -0.39 is 5.91 Å². The number of amides is 1. The Hall–Kier alpha value is -1.29. The molecule has 62 valence electrons. The molecule has 0 aliphatic rings. The van der Waals surface area contributed by atoms with Crippen LogP contribution in [0.4, 0.5) is 0 Å². The molecule has 0 heterocycles. The van der Waals surface area contributed by atoms with E-state index >= 15 is 0 Å².